The summed E-state index contributed by atoms with van der Waals surface area (Å²) in [7, 11) is 0. The van der Waals surface area contributed by atoms with Crippen molar-refractivity contribution in [3.8, 4) is 11.3 Å². The molecule has 3 rings (SSSR count). The first-order valence-electron chi connectivity index (χ1n) is 8.73. The smallest absolute Gasteiger partial charge is 0.225 e. The SMILES string of the molecule is Cc1cccc(Nc2cc(-c3ccncc3)nc(NC(C)(C)C)n2)c1C. The molecule has 2 N–H and O–H groups in total. The van der Waals surface area contributed by atoms with Crippen molar-refractivity contribution in [2.75, 3.05) is 10.6 Å². The van der Waals surface area contributed by atoms with Crippen molar-refractivity contribution < 1.29 is 0 Å². The van der Waals surface area contributed by atoms with E-state index in [1.54, 1.807) is 12.4 Å². The number of hydrogen-bond donors (Lipinski definition) is 2. The molecule has 0 bridgehead atoms. The molecule has 0 saturated heterocycles. The summed E-state index contributed by atoms with van der Waals surface area (Å²) >= 11 is 0. The number of benzene rings is 1. The fraction of sp³-hybridized carbons (Fsp3) is 0.286. The number of aromatic nitrogens is 3. The normalized spacial score (nSPS) is 11.3. The Labute approximate surface area is 154 Å². The van der Waals surface area contributed by atoms with Gasteiger partial charge in [-0.3, -0.25) is 4.98 Å². The Bertz CT molecular complexity index is 898. The quantitative estimate of drug-likeness (QED) is 0.687. The molecule has 0 fully saturated rings. The zero-order chi connectivity index (χ0) is 18.7. The summed E-state index contributed by atoms with van der Waals surface area (Å²) in [6, 6.07) is 12.1. The molecule has 5 heteroatoms. The number of nitrogens with one attached hydrogen (secondary N) is 2. The molecule has 0 spiro atoms. The Kier molecular flexibility index (Phi) is 4.89. The summed E-state index contributed by atoms with van der Waals surface area (Å²) in [4.78, 5) is 13.4. The predicted octanol–water partition coefficient (Wildman–Crippen LogP) is 5.11. The molecule has 0 unspecified atom stereocenters. The van der Waals surface area contributed by atoms with Gasteiger partial charge in [0.05, 0.1) is 5.69 Å². The van der Waals surface area contributed by atoms with Crippen LogP contribution in [-0.2, 0) is 0 Å². The highest BCUT2D eigenvalue weighted by atomic mass is 15.2. The van der Waals surface area contributed by atoms with Crippen LogP contribution in [0.3, 0.4) is 0 Å². The second-order valence-electron chi connectivity index (χ2n) is 7.45. The monoisotopic (exact) mass is 347 g/mol. The van der Waals surface area contributed by atoms with E-state index in [1.807, 2.05) is 24.3 Å². The van der Waals surface area contributed by atoms with Crippen molar-refractivity contribution in [1.82, 2.24) is 15.0 Å². The molecular weight excluding hydrogens is 322 g/mol. The lowest BCUT2D eigenvalue weighted by molar-refractivity contribution is 0.626. The molecular formula is C21H25N5. The third kappa shape index (κ3) is 4.36. The van der Waals surface area contributed by atoms with Gasteiger partial charge in [-0.15, -0.1) is 0 Å². The number of anilines is 3. The second kappa shape index (κ2) is 7.12. The molecule has 134 valence electrons. The van der Waals surface area contributed by atoms with Crippen LogP contribution in [0.25, 0.3) is 11.3 Å². The number of rotatable bonds is 4. The van der Waals surface area contributed by atoms with Crippen LogP contribution in [0.15, 0.2) is 48.8 Å². The number of aryl methyl sites for hydroxylation is 1. The molecule has 0 atom stereocenters. The summed E-state index contributed by atoms with van der Waals surface area (Å²) in [5.74, 6) is 1.35. The van der Waals surface area contributed by atoms with Crippen LogP contribution in [0, 0.1) is 13.8 Å². The Hall–Kier alpha value is -2.95. The summed E-state index contributed by atoms with van der Waals surface area (Å²) < 4.78 is 0. The van der Waals surface area contributed by atoms with Crippen molar-refractivity contribution in [1.29, 1.82) is 0 Å². The van der Waals surface area contributed by atoms with Crippen LogP contribution in [-0.4, -0.2) is 20.5 Å². The van der Waals surface area contributed by atoms with Crippen molar-refractivity contribution in [2.24, 2.45) is 0 Å². The van der Waals surface area contributed by atoms with Crippen LogP contribution in [0.1, 0.15) is 31.9 Å². The van der Waals surface area contributed by atoms with E-state index in [-0.39, 0.29) is 5.54 Å². The van der Waals surface area contributed by atoms with Crippen molar-refractivity contribution in [3.63, 3.8) is 0 Å². The van der Waals surface area contributed by atoms with Crippen molar-refractivity contribution in [3.05, 3.63) is 59.9 Å². The molecule has 0 aliphatic carbocycles. The van der Waals surface area contributed by atoms with E-state index in [0.717, 1.165) is 22.8 Å². The molecule has 2 aromatic heterocycles. The number of nitrogens with zero attached hydrogens (tertiary/aromatic N) is 3. The highest BCUT2D eigenvalue weighted by molar-refractivity contribution is 5.68. The lowest BCUT2D eigenvalue weighted by Gasteiger charge is -2.21. The van der Waals surface area contributed by atoms with Crippen LogP contribution < -0.4 is 10.6 Å². The van der Waals surface area contributed by atoms with Gasteiger partial charge in [0.1, 0.15) is 5.82 Å². The minimum atomic E-state index is -0.132. The molecule has 0 radical (unpaired) electrons. The van der Waals surface area contributed by atoms with Gasteiger partial charge in [0, 0.05) is 35.2 Å². The first-order valence-corrected chi connectivity index (χ1v) is 8.73. The van der Waals surface area contributed by atoms with Gasteiger partial charge in [0.15, 0.2) is 0 Å². The van der Waals surface area contributed by atoms with E-state index in [1.165, 1.54) is 11.1 Å². The van der Waals surface area contributed by atoms with Gasteiger partial charge in [-0.25, -0.2) is 4.98 Å². The van der Waals surface area contributed by atoms with Crippen LogP contribution in [0.4, 0.5) is 17.5 Å². The molecule has 0 aliphatic heterocycles. The Morgan fingerprint density at radius 1 is 0.923 bits per heavy atom. The maximum absolute atomic E-state index is 4.68. The van der Waals surface area contributed by atoms with Crippen molar-refractivity contribution >= 4 is 17.5 Å². The first-order chi connectivity index (χ1) is 12.3. The average Bonchev–Trinajstić information content (AvgIpc) is 2.58. The fourth-order valence-electron chi connectivity index (χ4n) is 2.60. The van der Waals surface area contributed by atoms with Gasteiger partial charge in [0.2, 0.25) is 5.95 Å². The average molecular weight is 347 g/mol. The fourth-order valence-corrected chi connectivity index (χ4v) is 2.60. The van der Waals surface area contributed by atoms with Gasteiger partial charge < -0.3 is 10.6 Å². The molecule has 26 heavy (non-hydrogen) atoms. The molecule has 0 amide bonds. The standard InChI is InChI=1S/C21H25N5/c1-14-7-6-8-17(15(14)2)23-19-13-18(16-9-11-22-12-10-16)24-20(25-19)26-21(3,4)5/h6-13H,1-5H3,(H2,23,24,25,26). The van der Waals surface area contributed by atoms with Crippen molar-refractivity contribution in [2.45, 2.75) is 40.2 Å². The third-order valence-corrected chi connectivity index (χ3v) is 4.06. The summed E-state index contributed by atoms with van der Waals surface area (Å²) in [6.07, 6.45) is 3.54. The Balaban J connectivity index is 2.03. The van der Waals surface area contributed by atoms with Gasteiger partial charge in [-0.2, -0.15) is 4.98 Å². The number of pyridine rings is 1. The summed E-state index contributed by atoms with van der Waals surface area (Å²) in [5, 5.41) is 6.81. The molecule has 1 aromatic carbocycles. The predicted molar refractivity (Wildman–Crippen MR) is 108 cm³/mol. The lowest BCUT2D eigenvalue weighted by atomic mass is 10.1. The topological polar surface area (TPSA) is 62.7 Å². The van der Waals surface area contributed by atoms with E-state index in [0.29, 0.717) is 5.95 Å². The van der Waals surface area contributed by atoms with Crippen LogP contribution in [0.5, 0.6) is 0 Å². The van der Waals surface area contributed by atoms with E-state index in [4.69, 9.17) is 0 Å². The summed E-state index contributed by atoms with van der Waals surface area (Å²) in [6.45, 7) is 10.5. The maximum atomic E-state index is 4.68. The highest BCUT2D eigenvalue weighted by Crippen LogP contribution is 2.26. The first kappa shape index (κ1) is 17.9. The van der Waals surface area contributed by atoms with E-state index >= 15 is 0 Å². The van der Waals surface area contributed by atoms with Gasteiger partial charge >= 0.3 is 0 Å². The van der Waals surface area contributed by atoms with Gasteiger partial charge in [0.25, 0.3) is 0 Å². The Morgan fingerprint density at radius 3 is 2.35 bits per heavy atom. The minimum Gasteiger partial charge on any atom is -0.350 e. The molecule has 5 nitrogen and oxygen atoms in total. The number of hydrogen-bond acceptors (Lipinski definition) is 5. The van der Waals surface area contributed by atoms with Gasteiger partial charge in [-0.05, 0) is 63.9 Å². The Morgan fingerprint density at radius 2 is 1.65 bits per heavy atom. The minimum absolute atomic E-state index is 0.132. The second-order valence-corrected chi connectivity index (χ2v) is 7.45. The largest absolute Gasteiger partial charge is 0.350 e. The molecule has 0 saturated carbocycles. The molecule has 3 aromatic rings. The zero-order valence-corrected chi connectivity index (χ0v) is 16.0. The van der Waals surface area contributed by atoms with Crippen LogP contribution >= 0.6 is 0 Å². The summed E-state index contributed by atoms with van der Waals surface area (Å²) in [5.41, 5.74) is 5.22. The van der Waals surface area contributed by atoms with E-state index < -0.39 is 0 Å². The van der Waals surface area contributed by atoms with Crippen LogP contribution in [0.2, 0.25) is 0 Å². The van der Waals surface area contributed by atoms with E-state index in [9.17, 15) is 0 Å². The third-order valence-electron chi connectivity index (χ3n) is 4.06. The van der Waals surface area contributed by atoms with E-state index in [2.05, 4.69) is 72.3 Å². The zero-order valence-electron chi connectivity index (χ0n) is 16.0. The molecule has 2 heterocycles. The lowest BCUT2D eigenvalue weighted by Crippen LogP contribution is -2.27. The maximum Gasteiger partial charge on any atom is 0.225 e. The molecule has 0 aliphatic rings. The highest BCUT2D eigenvalue weighted by Gasteiger charge is 2.14. The van der Waals surface area contributed by atoms with Gasteiger partial charge in [-0.1, -0.05) is 12.1 Å².